The largest absolute Gasteiger partial charge is 0.322 e. The highest BCUT2D eigenvalue weighted by Crippen LogP contribution is 2.22. The van der Waals surface area contributed by atoms with Crippen LogP contribution in [-0.4, -0.2) is 71.8 Å². The molecule has 1 fully saturated rings. The molecule has 0 aromatic heterocycles. The maximum Gasteiger partial charge on any atom is 0.321 e. The number of hydrogen-bond acceptors (Lipinski definition) is 4. The predicted molar refractivity (Wildman–Crippen MR) is 105 cm³/mol. The summed E-state index contributed by atoms with van der Waals surface area (Å²) in [6.07, 6.45) is 0. The van der Waals surface area contributed by atoms with Gasteiger partial charge in [-0.1, -0.05) is 30.3 Å². The van der Waals surface area contributed by atoms with Gasteiger partial charge in [0, 0.05) is 45.0 Å². The Morgan fingerprint density at radius 2 is 1.36 bits per heavy atom. The van der Waals surface area contributed by atoms with Crippen molar-refractivity contribution in [2.45, 2.75) is 0 Å². The lowest BCUT2D eigenvalue weighted by atomic mass is 10.1. The number of hydrogen-bond donors (Lipinski definition) is 1. The van der Waals surface area contributed by atoms with Gasteiger partial charge in [-0.2, -0.15) is 0 Å². The van der Waals surface area contributed by atoms with Gasteiger partial charge in [-0.25, -0.2) is 4.79 Å². The van der Waals surface area contributed by atoms with Crippen LogP contribution in [0, 0.1) is 0 Å². The van der Waals surface area contributed by atoms with Crippen molar-refractivity contribution in [2.24, 2.45) is 0 Å². The van der Waals surface area contributed by atoms with E-state index in [2.05, 4.69) is 10.2 Å². The van der Waals surface area contributed by atoms with E-state index in [0.29, 0.717) is 50.4 Å². The van der Waals surface area contributed by atoms with E-state index >= 15 is 0 Å². The van der Waals surface area contributed by atoms with Crippen LogP contribution in [0.4, 0.5) is 10.5 Å². The summed E-state index contributed by atoms with van der Waals surface area (Å²) in [5.41, 5.74) is 1.74. The first-order chi connectivity index (χ1) is 13.6. The molecule has 4 amide bonds. The number of amides is 4. The third-order valence-electron chi connectivity index (χ3n) is 5.20. The number of piperazine rings is 1. The molecule has 7 nitrogen and oxygen atoms in total. The molecule has 2 aliphatic heterocycles. The number of anilines is 1. The number of carbonyl (C=O) groups is 3. The van der Waals surface area contributed by atoms with E-state index in [0.717, 1.165) is 5.69 Å². The maximum atomic E-state index is 12.4. The second-order valence-electron chi connectivity index (χ2n) is 6.93. The second kappa shape index (κ2) is 7.82. The second-order valence-corrected chi connectivity index (χ2v) is 6.93. The molecular formula is C21H22N4O3. The highest BCUT2D eigenvalue weighted by atomic mass is 16.2. The Morgan fingerprint density at radius 1 is 0.786 bits per heavy atom. The van der Waals surface area contributed by atoms with Crippen molar-refractivity contribution in [3.63, 3.8) is 0 Å². The lowest BCUT2D eigenvalue weighted by Gasteiger charge is -2.35. The van der Waals surface area contributed by atoms with Crippen molar-refractivity contribution >= 4 is 23.5 Å². The molecule has 1 N–H and O–H groups in total. The first-order valence-electron chi connectivity index (χ1n) is 9.42. The van der Waals surface area contributed by atoms with Crippen LogP contribution in [-0.2, 0) is 0 Å². The molecule has 2 aromatic carbocycles. The third kappa shape index (κ3) is 3.61. The van der Waals surface area contributed by atoms with E-state index in [9.17, 15) is 14.4 Å². The number of nitrogens with one attached hydrogen (secondary N) is 1. The minimum atomic E-state index is -0.221. The molecule has 2 aromatic rings. The number of para-hydroxylation sites is 1. The minimum Gasteiger partial charge on any atom is -0.322 e. The van der Waals surface area contributed by atoms with Gasteiger partial charge in [-0.3, -0.25) is 19.4 Å². The third-order valence-corrected chi connectivity index (χ3v) is 5.20. The van der Waals surface area contributed by atoms with Crippen LogP contribution in [0.5, 0.6) is 0 Å². The van der Waals surface area contributed by atoms with Crippen molar-refractivity contribution in [2.75, 3.05) is 44.6 Å². The van der Waals surface area contributed by atoms with Gasteiger partial charge >= 0.3 is 6.03 Å². The fourth-order valence-corrected chi connectivity index (χ4v) is 3.58. The summed E-state index contributed by atoms with van der Waals surface area (Å²) in [6.45, 7) is 3.63. The number of fused-ring (bicyclic) bond motifs is 1. The summed E-state index contributed by atoms with van der Waals surface area (Å²) in [5.74, 6) is -0.442. The highest BCUT2D eigenvalue weighted by molar-refractivity contribution is 6.21. The Balaban J connectivity index is 1.26. The predicted octanol–water partition coefficient (Wildman–Crippen LogP) is 2.13. The van der Waals surface area contributed by atoms with E-state index in [1.807, 2.05) is 30.3 Å². The van der Waals surface area contributed by atoms with E-state index in [4.69, 9.17) is 0 Å². The van der Waals surface area contributed by atoms with Crippen LogP contribution >= 0.6 is 0 Å². The Hall–Kier alpha value is -3.19. The Labute approximate surface area is 163 Å². The van der Waals surface area contributed by atoms with Gasteiger partial charge in [-0.05, 0) is 24.3 Å². The maximum absolute atomic E-state index is 12.4. The number of imide groups is 1. The number of carbonyl (C=O) groups excluding carboxylic acids is 3. The summed E-state index contributed by atoms with van der Waals surface area (Å²) in [5, 5.41) is 2.90. The highest BCUT2D eigenvalue weighted by Gasteiger charge is 2.35. The first-order valence-corrected chi connectivity index (χ1v) is 9.42. The quantitative estimate of drug-likeness (QED) is 0.828. The van der Waals surface area contributed by atoms with Crippen molar-refractivity contribution in [1.29, 1.82) is 0 Å². The van der Waals surface area contributed by atoms with Crippen LogP contribution in [0.25, 0.3) is 0 Å². The van der Waals surface area contributed by atoms with E-state index in [-0.39, 0.29) is 17.8 Å². The molecule has 0 aliphatic carbocycles. The van der Waals surface area contributed by atoms with Gasteiger partial charge in [0.15, 0.2) is 0 Å². The summed E-state index contributed by atoms with van der Waals surface area (Å²) < 4.78 is 0. The number of benzene rings is 2. The molecule has 28 heavy (non-hydrogen) atoms. The van der Waals surface area contributed by atoms with Crippen molar-refractivity contribution in [1.82, 2.24) is 14.7 Å². The molecule has 2 heterocycles. The summed E-state index contributed by atoms with van der Waals surface area (Å²) >= 11 is 0. The van der Waals surface area contributed by atoms with Gasteiger partial charge in [0.2, 0.25) is 0 Å². The van der Waals surface area contributed by atoms with Crippen molar-refractivity contribution in [3.05, 3.63) is 65.7 Å². The number of nitrogens with zero attached hydrogens (tertiary/aromatic N) is 3. The zero-order valence-corrected chi connectivity index (χ0v) is 15.5. The number of rotatable bonds is 4. The van der Waals surface area contributed by atoms with Crippen LogP contribution in [0.1, 0.15) is 20.7 Å². The number of urea groups is 1. The molecule has 0 radical (unpaired) electrons. The Kier molecular flexibility index (Phi) is 5.08. The zero-order chi connectivity index (χ0) is 19.5. The molecular weight excluding hydrogens is 356 g/mol. The molecule has 144 valence electrons. The zero-order valence-electron chi connectivity index (χ0n) is 15.5. The summed E-state index contributed by atoms with van der Waals surface area (Å²) in [7, 11) is 0. The summed E-state index contributed by atoms with van der Waals surface area (Å²) in [6, 6.07) is 16.2. The standard InChI is InChI=1S/C21H22N4O3/c26-19-17-8-4-5-9-18(17)20(27)25(19)15-12-23-10-13-24(14-11-23)21(28)22-16-6-2-1-3-7-16/h1-9H,10-15H2,(H,22,28). The van der Waals surface area contributed by atoms with Gasteiger partial charge in [-0.15, -0.1) is 0 Å². The molecule has 1 saturated heterocycles. The van der Waals surface area contributed by atoms with Gasteiger partial charge in [0.1, 0.15) is 0 Å². The fraction of sp³-hybridized carbons (Fsp3) is 0.286. The van der Waals surface area contributed by atoms with Crippen LogP contribution in [0.15, 0.2) is 54.6 Å². The smallest absolute Gasteiger partial charge is 0.321 e. The van der Waals surface area contributed by atoms with Crippen molar-refractivity contribution in [3.8, 4) is 0 Å². The van der Waals surface area contributed by atoms with Crippen LogP contribution in [0.2, 0.25) is 0 Å². The molecule has 0 atom stereocenters. The molecule has 0 spiro atoms. The lowest BCUT2D eigenvalue weighted by molar-refractivity contribution is 0.0624. The van der Waals surface area contributed by atoms with E-state index in [1.165, 1.54) is 4.90 Å². The molecule has 2 aliphatic rings. The first kappa shape index (κ1) is 18.2. The van der Waals surface area contributed by atoms with Crippen LogP contribution in [0.3, 0.4) is 0 Å². The monoisotopic (exact) mass is 378 g/mol. The van der Waals surface area contributed by atoms with E-state index in [1.54, 1.807) is 29.2 Å². The topological polar surface area (TPSA) is 73.0 Å². The Bertz CT molecular complexity index is 857. The average molecular weight is 378 g/mol. The molecule has 7 heteroatoms. The average Bonchev–Trinajstić information content (AvgIpc) is 2.98. The molecule has 0 unspecified atom stereocenters. The SMILES string of the molecule is O=C(Nc1ccccc1)N1CCN(CCN2C(=O)c3ccccc3C2=O)CC1. The normalized spacial score (nSPS) is 17.0. The van der Waals surface area contributed by atoms with E-state index < -0.39 is 0 Å². The summed E-state index contributed by atoms with van der Waals surface area (Å²) in [4.78, 5) is 42.5. The lowest BCUT2D eigenvalue weighted by Crippen LogP contribution is -2.51. The van der Waals surface area contributed by atoms with Crippen LogP contribution < -0.4 is 5.32 Å². The molecule has 0 bridgehead atoms. The van der Waals surface area contributed by atoms with Gasteiger partial charge in [0.05, 0.1) is 11.1 Å². The molecule has 0 saturated carbocycles. The van der Waals surface area contributed by atoms with Gasteiger partial charge in [0.25, 0.3) is 11.8 Å². The molecule has 4 rings (SSSR count). The fourth-order valence-electron chi connectivity index (χ4n) is 3.58. The Morgan fingerprint density at radius 3 is 1.96 bits per heavy atom. The van der Waals surface area contributed by atoms with Crippen molar-refractivity contribution < 1.29 is 14.4 Å². The van der Waals surface area contributed by atoms with Gasteiger partial charge < -0.3 is 10.2 Å². The minimum absolute atomic E-state index is 0.105.